The monoisotopic (exact) mass is 198 g/mol. The average Bonchev–Trinajstić information content (AvgIpc) is 2.46. The van der Waals surface area contributed by atoms with E-state index in [1.807, 2.05) is 6.92 Å². The van der Waals surface area contributed by atoms with E-state index in [1.165, 1.54) is 0 Å². The van der Waals surface area contributed by atoms with Crippen molar-refractivity contribution in [3.8, 4) is 0 Å². The van der Waals surface area contributed by atoms with Crippen LogP contribution < -0.4 is 0 Å². The van der Waals surface area contributed by atoms with E-state index in [1.54, 1.807) is 19.9 Å². The Morgan fingerprint density at radius 3 is 2.71 bits per heavy atom. The van der Waals surface area contributed by atoms with Gasteiger partial charge < -0.3 is 14.3 Å². The molecule has 4 heteroatoms. The average molecular weight is 198 g/mol. The smallest absolute Gasteiger partial charge is 0.342 e. The van der Waals surface area contributed by atoms with Crippen molar-refractivity contribution in [3.05, 3.63) is 23.2 Å². The van der Waals surface area contributed by atoms with Gasteiger partial charge >= 0.3 is 5.97 Å². The van der Waals surface area contributed by atoms with Gasteiger partial charge in [0.2, 0.25) is 6.10 Å². The lowest BCUT2D eigenvalue weighted by Crippen LogP contribution is -2.14. The van der Waals surface area contributed by atoms with Gasteiger partial charge in [0.1, 0.15) is 11.5 Å². The van der Waals surface area contributed by atoms with E-state index in [-0.39, 0.29) is 12.4 Å². The number of esters is 1. The number of aryl methyl sites for hydroxylation is 2. The summed E-state index contributed by atoms with van der Waals surface area (Å²) < 4.78 is 9.85. The standard InChI is InChI=1S/C10H14O4/c1-4-13-10(12)9(11)8-5-6(2)7(3)14-8/h5,9,11H,4H2,1-3H3/t9-/m1/s1. The first kappa shape index (κ1) is 10.8. The fourth-order valence-corrected chi connectivity index (χ4v) is 1.07. The molecule has 0 spiro atoms. The van der Waals surface area contributed by atoms with Gasteiger partial charge in [-0.2, -0.15) is 0 Å². The Morgan fingerprint density at radius 1 is 1.64 bits per heavy atom. The maximum atomic E-state index is 11.1. The quantitative estimate of drug-likeness (QED) is 0.747. The van der Waals surface area contributed by atoms with E-state index >= 15 is 0 Å². The van der Waals surface area contributed by atoms with Crippen LogP contribution in [-0.2, 0) is 9.53 Å². The van der Waals surface area contributed by atoms with Crippen LogP contribution in [0.25, 0.3) is 0 Å². The van der Waals surface area contributed by atoms with E-state index < -0.39 is 12.1 Å². The number of ether oxygens (including phenoxy) is 1. The highest BCUT2D eigenvalue weighted by Crippen LogP contribution is 2.20. The van der Waals surface area contributed by atoms with E-state index in [0.717, 1.165) is 5.56 Å². The van der Waals surface area contributed by atoms with Crippen LogP contribution in [0.15, 0.2) is 10.5 Å². The molecule has 0 radical (unpaired) electrons. The number of aliphatic hydroxyl groups is 1. The Balaban J connectivity index is 2.78. The van der Waals surface area contributed by atoms with Crippen LogP contribution in [-0.4, -0.2) is 17.7 Å². The molecule has 0 aliphatic heterocycles. The molecule has 0 aliphatic rings. The number of carbonyl (C=O) groups excluding carboxylic acids is 1. The lowest BCUT2D eigenvalue weighted by Gasteiger charge is -2.05. The maximum Gasteiger partial charge on any atom is 0.342 e. The molecule has 0 fully saturated rings. The van der Waals surface area contributed by atoms with Crippen molar-refractivity contribution in [3.63, 3.8) is 0 Å². The van der Waals surface area contributed by atoms with E-state index in [0.29, 0.717) is 5.76 Å². The van der Waals surface area contributed by atoms with Crippen molar-refractivity contribution in [2.24, 2.45) is 0 Å². The summed E-state index contributed by atoms with van der Waals surface area (Å²) in [6, 6.07) is 1.64. The number of hydrogen-bond donors (Lipinski definition) is 1. The van der Waals surface area contributed by atoms with Crippen LogP contribution in [0.2, 0.25) is 0 Å². The molecule has 0 aliphatic carbocycles. The Hall–Kier alpha value is -1.29. The summed E-state index contributed by atoms with van der Waals surface area (Å²) in [5.74, 6) is 0.253. The lowest BCUT2D eigenvalue weighted by atomic mass is 10.2. The highest BCUT2D eigenvalue weighted by atomic mass is 16.5. The van der Waals surface area contributed by atoms with Crippen LogP contribution in [0.1, 0.15) is 30.1 Å². The van der Waals surface area contributed by atoms with Gasteiger partial charge in [-0.05, 0) is 32.4 Å². The van der Waals surface area contributed by atoms with Crippen molar-refractivity contribution >= 4 is 5.97 Å². The summed E-state index contributed by atoms with van der Waals surface area (Å²) >= 11 is 0. The third-order valence-corrected chi connectivity index (χ3v) is 1.96. The molecule has 0 amide bonds. The topological polar surface area (TPSA) is 59.7 Å². The molecule has 1 N–H and O–H groups in total. The van der Waals surface area contributed by atoms with Crippen LogP contribution in [0, 0.1) is 13.8 Å². The normalized spacial score (nSPS) is 12.6. The first-order valence-corrected chi connectivity index (χ1v) is 4.48. The third-order valence-electron chi connectivity index (χ3n) is 1.96. The summed E-state index contributed by atoms with van der Waals surface area (Å²) in [4.78, 5) is 11.1. The summed E-state index contributed by atoms with van der Waals surface area (Å²) in [6.07, 6.45) is -1.32. The largest absolute Gasteiger partial charge is 0.464 e. The van der Waals surface area contributed by atoms with E-state index in [9.17, 15) is 9.90 Å². The summed E-state index contributed by atoms with van der Waals surface area (Å²) in [5.41, 5.74) is 0.906. The molecule has 4 nitrogen and oxygen atoms in total. The van der Waals surface area contributed by atoms with Gasteiger partial charge in [-0.3, -0.25) is 0 Å². The molecule has 1 atom stereocenters. The van der Waals surface area contributed by atoms with Gasteiger partial charge in [-0.1, -0.05) is 0 Å². The highest BCUT2D eigenvalue weighted by molar-refractivity contribution is 5.75. The second-order valence-electron chi connectivity index (χ2n) is 3.04. The Kier molecular flexibility index (Phi) is 3.30. The van der Waals surface area contributed by atoms with Gasteiger partial charge in [0.05, 0.1) is 6.61 Å². The molecule has 1 rings (SSSR count). The molecule has 0 aromatic carbocycles. The van der Waals surface area contributed by atoms with Crippen LogP contribution >= 0.6 is 0 Å². The molecule has 0 unspecified atom stereocenters. The fraction of sp³-hybridized carbons (Fsp3) is 0.500. The molecule has 1 heterocycles. The summed E-state index contributed by atoms with van der Waals surface area (Å²) in [5, 5.41) is 9.49. The molecule has 0 bridgehead atoms. The number of hydrogen-bond acceptors (Lipinski definition) is 4. The summed E-state index contributed by atoms with van der Waals surface area (Å²) in [7, 11) is 0. The lowest BCUT2D eigenvalue weighted by molar-refractivity contribution is -0.154. The minimum absolute atomic E-state index is 0.235. The third kappa shape index (κ3) is 2.14. The Bertz CT molecular complexity index is 307. The van der Waals surface area contributed by atoms with Crippen molar-refractivity contribution in [1.82, 2.24) is 0 Å². The second-order valence-corrected chi connectivity index (χ2v) is 3.04. The predicted molar refractivity (Wildman–Crippen MR) is 49.8 cm³/mol. The molecule has 78 valence electrons. The van der Waals surface area contributed by atoms with Crippen molar-refractivity contribution in [1.29, 1.82) is 0 Å². The zero-order valence-corrected chi connectivity index (χ0v) is 8.53. The molecule has 0 saturated carbocycles. The minimum Gasteiger partial charge on any atom is -0.464 e. The van der Waals surface area contributed by atoms with Crippen molar-refractivity contribution in [2.45, 2.75) is 26.9 Å². The minimum atomic E-state index is -1.32. The SMILES string of the molecule is CCOC(=O)[C@H](O)c1cc(C)c(C)o1. The summed E-state index contributed by atoms with van der Waals surface area (Å²) in [6.45, 7) is 5.55. The van der Waals surface area contributed by atoms with Crippen LogP contribution in [0.3, 0.4) is 0 Å². The molecule has 0 saturated heterocycles. The van der Waals surface area contributed by atoms with Gasteiger partial charge in [0.25, 0.3) is 0 Å². The van der Waals surface area contributed by atoms with Gasteiger partial charge in [0, 0.05) is 0 Å². The molecule has 1 aromatic heterocycles. The predicted octanol–water partition coefficient (Wildman–Crippen LogP) is 1.49. The number of carbonyl (C=O) groups is 1. The van der Waals surface area contributed by atoms with E-state index in [2.05, 4.69) is 4.74 Å². The highest BCUT2D eigenvalue weighted by Gasteiger charge is 2.22. The number of rotatable bonds is 3. The number of furan rings is 1. The van der Waals surface area contributed by atoms with Gasteiger partial charge in [-0.15, -0.1) is 0 Å². The molecule has 1 aromatic rings. The molecular formula is C10H14O4. The Labute approximate surface area is 82.5 Å². The second kappa shape index (κ2) is 4.28. The first-order chi connectivity index (χ1) is 6.56. The van der Waals surface area contributed by atoms with Gasteiger partial charge in [0.15, 0.2) is 0 Å². The Morgan fingerprint density at radius 2 is 2.29 bits per heavy atom. The number of aliphatic hydroxyl groups excluding tert-OH is 1. The molecular weight excluding hydrogens is 184 g/mol. The van der Waals surface area contributed by atoms with Gasteiger partial charge in [-0.25, -0.2) is 4.79 Å². The van der Waals surface area contributed by atoms with Crippen molar-refractivity contribution in [2.75, 3.05) is 6.61 Å². The van der Waals surface area contributed by atoms with Crippen molar-refractivity contribution < 1.29 is 19.1 Å². The molecule has 14 heavy (non-hydrogen) atoms. The maximum absolute atomic E-state index is 11.1. The zero-order valence-electron chi connectivity index (χ0n) is 8.53. The van der Waals surface area contributed by atoms with Crippen LogP contribution in [0.4, 0.5) is 0 Å². The fourth-order valence-electron chi connectivity index (χ4n) is 1.07. The first-order valence-electron chi connectivity index (χ1n) is 4.48. The zero-order chi connectivity index (χ0) is 10.7. The van der Waals surface area contributed by atoms with Crippen LogP contribution in [0.5, 0.6) is 0 Å². The van der Waals surface area contributed by atoms with E-state index in [4.69, 9.17) is 4.42 Å².